The fourth-order valence-electron chi connectivity index (χ4n) is 3.33. The molecule has 6 heteroatoms. The standard InChI is InChI=1S/C26H23FN4O/c27-22-12-4-10-20(17-22)24-14-15-25(31-30-24)29-23-13-5-11-21(18-23)26(32)28-16-6-9-19-7-2-1-3-8-19/h1-5,7-8,10-15,17-18H,6,9,16H2,(H,28,32)(H,29,31). The normalized spacial score (nSPS) is 10.5. The van der Waals surface area contributed by atoms with Gasteiger partial charge in [-0.3, -0.25) is 4.79 Å². The Morgan fingerprint density at radius 1 is 0.844 bits per heavy atom. The molecule has 0 saturated heterocycles. The van der Waals surface area contributed by atoms with Gasteiger partial charge in [-0.1, -0.05) is 48.5 Å². The highest BCUT2D eigenvalue weighted by atomic mass is 19.1. The zero-order valence-electron chi connectivity index (χ0n) is 17.5. The van der Waals surface area contributed by atoms with Crippen LogP contribution in [0.15, 0.2) is 91.0 Å². The number of anilines is 2. The lowest BCUT2D eigenvalue weighted by molar-refractivity contribution is 0.0953. The summed E-state index contributed by atoms with van der Waals surface area (Å²) in [6.07, 6.45) is 1.80. The number of nitrogens with zero attached hydrogens (tertiary/aromatic N) is 2. The van der Waals surface area contributed by atoms with Crippen LogP contribution >= 0.6 is 0 Å². The molecule has 160 valence electrons. The summed E-state index contributed by atoms with van der Waals surface area (Å²) >= 11 is 0. The van der Waals surface area contributed by atoms with Crippen LogP contribution in [0.25, 0.3) is 11.3 Å². The van der Waals surface area contributed by atoms with E-state index in [1.807, 2.05) is 30.3 Å². The lowest BCUT2D eigenvalue weighted by Crippen LogP contribution is -2.24. The van der Waals surface area contributed by atoms with Crippen LogP contribution in [-0.4, -0.2) is 22.6 Å². The molecule has 0 aliphatic rings. The number of carbonyl (C=O) groups is 1. The van der Waals surface area contributed by atoms with Crippen molar-refractivity contribution in [1.29, 1.82) is 0 Å². The van der Waals surface area contributed by atoms with Crippen LogP contribution in [0.3, 0.4) is 0 Å². The molecule has 32 heavy (non-hydrogen) atoms. The van der Waals surface area contributed by atoms with Gasteiger partial charge in [-0.15, -0.1) is 10.2 Å². The van der Waals surface area contributed by atoms with Gasteiger partial charge in [0.1, 0.15) is 5.82 Å². The minimum atomic E-state index is -0.318. The van der Waals surface area contributed by atoms with Crippen molar-refractivity contribution in [2.75, 3.05) is 11.9 Å². The van der Waals surface area contributed by atoms with Crippen LogP contribution in [0.5, 0.6) is 0 Å². The predicted molar refractivity (Wildman–Crippen MR) is 124 cm³/mol. The SMILES string of the molecule is O=C(NCCCc1ccccc1)c1cccc(Nc2ccc(-c3cccc(F)c3)nn2)c1. The van der Waals surface area contributed by atoms with E-state index in [4.69, 9.17) is 0 Å². The van der Waals surface area contributed by atoms with Crippen LogP contribution < -0.4 is 10.6 Å². The number of nitrogens with one attached hydrogen (secondary N) is 2. The molecule has 0 unspecified atom stereocenters. The Bertz CT molecular complexity index is 1180. The molecule has 5 nitrogen and oxygen atoms in total. The quantitative estimate of drug-likeness (QED) is 0.371. The predicted octanol–water partition coefficient (Wildman–Crippen LogP) is 5.39. The number of aromatic nitrogens is 2. The average molecular weight is 426 g/mol. The highest BCUT2D eigenvalue weighted by Gasteiger charge is 2.07. The Morgan fingerprint density at radius 2 is 1.69 bits per heavy atom. The Labute approximate surface area is 186 Å². The molecule has 0 fully saturated rings. The Morgan fingerprint density at radius 3 is 2.47 bits per heavy atom. The zero-order chi connectivity index (χ0) is 22.2. The average Bonchev–Trinajstić information content (AvgIpc) is 2.83. The first-order valence-electron chi connectivity index (χ1n) is 10.5. The molecule has 1 amide bonds. The number of aryl methyl sites for hydroxylation is 1. The van der Waals surface area contributed by atoms with Crippen molar-refractivity contribution in [3.05, 3.63) is 108 Å². The van der Waals surface area contributed by atoms with Gasteiger partial charge in [-0.2, -0.15) is 0 Å². The van der Waals surface area contributed by atoms with Crippen molar-refractivity contribution in [1.82, 2.24) is 15.5 Å². The molecular weight excluding hydrogens is 403 g/mol. The van der Waals surface area contributed by atoms with Crippen molar-refractivity contribution in [2.45, 2.75) is 12.8 Å². The Hall–Kier alpha value is -4.06. The van der Waals surface area contributed by atoms with E-state index in [2.05, 4.69) is 33.0 Å². The third kappa shape index (κ3) is 5.76. The minimum absolute atomic E-state index is 0.116. The lowest BCUT2D eigenvalue weighted by atomic mass is 10.1. The molecule has 0 atom stereocenters. The number of halogens is 1. The van der Waals surface area contributed by atoms with Gasteiger partial charge in [0, 0.05) is 23.4 Å². The second-order valence-electron chi connectivity index (χ2n) is 7.37. The maximum absolute atomic E-state index is 13.4. The van der Waals surface area contributed by atoms with E-state index in [9.17, 15) is 9.18 Å². The van der Waals surface area contributed by atoms with Crippen molar-refractivity contribution < 1.29 is 9.18 Å². The van der Waals surface area contributed by atoms with Crippen LogP contribution in [0.4, 0.5) is 15.9 Å². The summed E-state index contributed by atoms with van der Waals surface area (Å²) in [5.74, 6) is 0.0986. The molecule has 0 aliphatic heterocycles. The third-order valence-corrected chi connectivity index (χ3v) is 4.95. The largest absolute Gasteiger partial charge is 0.352 e. The number of hydrogen-bond donors (Lipinski definition) is 2. The maximum Gasteiger partial charge on any atom is 0.251 e. The Balaban J connectivity index is 1.33. The van der Waals surface area contributed by atoms with Gasteiger partial charge in [0.25, 0.3) is 5.91 Å². The second-order valence-corrected chi connectivity index (χ2v) is 7.37. The van der Waals surface area contributed by atoms with Gasteiger partial charge in [-0.25, -0.2) is 4.39 Å². The van der Waals surface area contributed by atoms with Gasteiger partial charge in [0.2, 0.25) is 0 Å². The highest BCUT2D eigenvalue weighted by molar-refractivity contribution is 5.95. The first kappa shape index (κ1) is 21.2. The van der Waals surface area contributed by atoms with E-state index in [-0.39, 0.29) is 11.7 Å². The number of rotatable bonds is 8. The molecule has 4 rings (SSSR count). The third-order valence-electron chi connectivity index (χ3n) is 4.95. The summed E-state index contributed by atoms with van der Waals surface area (Å²) < 4.78 is 13.4. The van der Waals surface area contributed by atoms with Gasteiger partial charge in [0.05, 0.1) is 5.69 Å². The summed E-state index contributed by atoms with van der Waals surface area (Å²) in [6.45, 7) is 0.610. The number of carbonyl (C=O) groups excluding carboxylic acids is 1. The van der Waals surface area contributed by atoms with Gasteiger partial charge < -0.3 is 10.6 Å². The molecule has 1 aromatic heterocycles. The number of amides is 1. The molecular formula is C26H23FN4O. The maximum atomic E-state index is 13.4. The highest BCUT2D eigenvalue weighted by Crippen LogP contribution is 2.20. The molecule has 0 radical (unpaired) electrons. The van der Waals surface area contributed by atoms with E-state index < -0.39 is 0 Å². The van der Waals surface area contributed by atoms with Gasteiger partial charge >= 0.3 is 0 Å². The zero-order valence-corrected chi connectivity index (χ0v) is 17.5. The van der Waals surface area contributed by atoms with E-state index in [0.29, 0.717) is 29.2 Å². The monoisotopic (exact) mass is 426 g/mol. The van der Waals surface area contributed by atoms with Crippen LogP contribution in [0.2, 0.25) is 0 Å². The topological polar surface area (TPSA) is 66.9 Å². The molecule has 0 aliphatic carbocycles. The van der Waals surface area contributed by atoms with Crippen molar-refractivity contribution in [3.63, 3.8) is 0 Å². The first-order chi connectivity index (χ1) is 15.7. The van der Waals surface area contributed by atoms with Gasteiger partial charge in [-0.05, 0) is 60.9 Å². The molecule has 0 spiro atoms. The summed E-state index contributed by atoms with van der Waals surface area (Å²) in [6, 6.07) is 27.2. The number of benzene rings is 3. The molecule has 1 heterocycles. The Kier molecular flexibility index (Phi) is 6.82. The number of hydrogen-bond acceptors (Lipinski definition) is 4. The molecule has 4 aromatic rings. The fraction of sp³-hybridized carbons (Fsp3) is 0.115. The molecule has 0 saturated carbocycles. The molecule has 0 bridgehead atoms. The summed E-state index contributed by atoms with van der Waals surface area (Å²) in [5, 5.41) is 14.4. The molecule has 3 aromatic carbocycles. The van der Waals surface area contributed by atoms with Crippen molar-refractivity contribution >= 4 is 17.4 Å². The summed E-state index contributed by atoms with van der Waals surface area (Å²) in [7, 11) is 0. The van der Waals surface area contributed by atoms with Gasteiger partial charge in [0.15, 0.2) is 5.82 Å². The van der Waals surface area contributed by atoms with Crippen LogP contribution in [0, 0.1) is 5.82 Å². The van der Waals surface area contributed by atoms with E-state index in [0.717, 1.165) is 18.5 Å². The fourth-order valence-corrected chi connectivity index (χ4v) is 3.33. The summed E-state index contributed by atoms with van der Waals surface area (Å²) in [4.78, 5) is 12.5. The van der Waals surface area contributed by atoms with Crippen molar-refractivity contribution in [3.8, 4) is 11.3 Å². The lowest BCUT2D eigenvalue weighted by Gasteiger charge is -2.09. The second kappa shape index (κ2) is 10.3. The summed E-state index contributed by atoms with van der Waals surface area (Å²) in [5.41, 5.74) is 3.81. The van der Waals surface area contributed by atoms with E-state index >= 15 is 0 Å². The van der Waals surface area contributed by atoms with Crippen molar-refractivity contribution in [2.24, 2.45) is 0 Å². The smallest absolute Gasteiger partial charge is 0.251 e. The molecule has 2 N–H and O–H groups in total. The van der Waals surface area contributed by atoms with Crippen LogP contribution in [-0.2, 0) is 6.42 Å². The van der Waals surface area contributed by atoms with E-state index in [1.165, 1.54) is 17.7 Å². The van der Waals surface area contributed by atoms with Crippen LogP contribution in [0.1, 0.15) is 22.3 Å². The first-order valence-corrected chi connectivity index (χ1v) is 10.5. The minimum Gasteiger partial charge on any atom is -0.352 e. The van der Waals surface area contributed by atoms with E-state index in [1.54, 1.807) is 36.4 Å².